The molecule has 6 heteroatoms. The number of hydrogen-bond donors (Lipinski definition) is 1. The van der Waals surface area contributed by atoms with E-state index in [1.807, 2.05) is 11.9 Å². The number of piperidine rings is 1. The average molecular weight is 417 g/mol. The van der Waals surface area contributed by atoms with Gasteiger partial charge < -0.3 is 10.2 Å². The Kier molecular flexibility index (Phi) is 5.76. The number of anilines is 1. The Bertz CT molecular complexity index is 406. The molecule has 0 aliphatic carbocycles. The minimum absolute atomic E-state index is 0. The normalized spacial score (nSPS) is 16.9. The van der Waals surface area contributed by atoms with E-state index in [-0.39, 0.29) is 37.7 Å². The minimum atomic E-state index is -0.356. The van der Waals surface area contributed by atoms with Gasteiger partial charge >= 0.3 is 21.1 Å². The second-order valence-electron chi connectivity index (χ2n) is 4.12. The van der Waals surface area contributed by atoms with Crippen molar-refractivity contribution in [3.05, 3.63) is 47.5 Å². The van der Waals surface area contributed by atoms with Gasteiger partial charge in [0.15, 0.2) is 0 Å². The molecule has 0 spiro atoms. The van der Waals surface area contributed by atoms with Crippen LogP contribution >= 0.6 is 0 Å². The Morgan fingerprint density at radius 1 is 1.39 bits per heavy atom. The van der Waals surface area contributed by atoms with Crippen LogP contribution in [-0.2, 0) is 21.1 Å². The zero-order valence-corrected chi connectivity index (χ0v) is 13.0. The third kappa shape index (κ3) is 3.79. The van der Waals surface area contributed by atoms with E-state index in [2.05, 4.69) is 18.4 Å². The van der Waals surface area contributed by atoms with E-state index >= 15 is 0 Å². The number of nitro benzene ring substituents is 1. The van der Waals surface area contributed by atoms with Gasteiger partial charge in [-0.1, -0.05) is 19.2 Å². The Morgan fingerprint density at radius 2 is 2.00 bits per heavy atom. The molecule has 0 amide bonds. The molecule has 1 N–H and O–H groups in total. The Balaban J connectivity index is 0.00000162. The van der Waals surface area contributed by atoms with Crippen molar-refractivity contribution in [2.24, 2.45) is 0 Å². The van der Waals surface area contributed by atoms with Crippen molar-refractivity contribution in [3.63, 3.8) is 0 Å². The van der Waals surface area contributed by atoms with Crippen LogP contribution in [0.2, 0.25) is 0 Å². The number of para-hydroxylation sites is 2. The molecule has 0 atom stereocenters. The van der Waals surface area contributed by atoms with Crippen LogP contribution in [0.5, 0.6) is 0 Å². The van der Waals surface area contributed by atoms with Crippen molar-refractivity contribution >= 4 is 11.4 Å². The fourth-order valence-corrected chi connectivity index (χ4v) is 1.85. The van der Waals surface area contributed by atoms with Crippen molar-refractivity contribution in [2.45, 2.75) is 18.9 Å². The molecule has 0 aromatic heterocycles. The Labute approximate surface area is 121 Å². The van der Waals surface area contributed by atoms with Crippen LogP contribution < -0.4 is 5.32 Å². The maximum atomic E-state index is 10.9. The molecule has 1 heterocycles. The molecule has 0 unspecified atom stereocenters. The van der Waals surface area contributed by atoms with Crippen molar-refractivity contribution in [3.8, 4) is 0 Å². The number of benzene rings is 1. The first-order chi connectivity index (χ1) is 8.16. The van der Waals surface area contributed by atoms with Crippen molar-refractivity contribution in [1.29, 1.82) is 0 Å². The fourth-order valence-electron chi connectivity index (χ4n) is 1.85. The molecule has 2 rings (SSSR count). The predicted molar refractivity (Wildman–Crippen MR) is 66.1 cm³/mol. The summed E-state index contributed by atoms with van der Waals surface area (Å²) in [5.74, 6) is 0. The molecule has 1 saturated heterocycles. The van der Waals surface area contributed by atoms with E-state index in [0.717, 1.165) is 12.8 Å². The molecular weight excluding hydrogens is 402 g/mol. The summed E-state index contributed by atoms with van der Waals surface area (Å²) in [4.78, 5) is 12.5. The monoisotopic (exact) mass is 417 g/mol. The predicted octanol–water partition coefficient (Wildman–Crippen LogP) is 2.42. The first-order valence-corrected chi connectivity index (χ1v) is 5.55. The quantitative estimate of drug-likeness (QED) is 0.467. The topological polar surface area (TPSA) is 58.4 Å². The molecule has 0 saturated carbocycles. The summed E-state index contributed by atoms with van der Waals surface area (Å²) < 4.78 is 0. The van der Waals surface area contributed by atoms with Crippen LogP contribution in [0.3, 0.4) is 0 Å². The maximum Gasteiger partial charge on any atom is 2.00 e. The SMILES string of the molecule is CN1[CH-]CC(Nc2ccccc2[N+](=O)[O-])C[CH-]1.[W+2]. The van der Waals surface area contributed by atoms with Gasteiger partial charge in [-0.2, -0.15) is 12.8 Å². The van der Waals surface area contributed by atoms with Crippen LogP contribution in [0.1, 0.15) is 12.8 Å². The zero-order chi connectivity index (χ0) is 12.3. The third-order valence-corrected chi connectivity index (χ3v) is 2.82. The molecule has 5 nitrogen and oxygen atoms in total. The van der Waals surface area contributed by atoms with Crippen molar-refractivity contribution in [1.82, 2.24) is 4.90 Å². The Hall–Kier alpha value is -0.932. The number of hydrogen-bond acceptors (Lipinski definition) is 4. The second-order valence-corrected chi connectivity index (χ2v) is 4.12. The average Bonchev–Trinajstić information content (AvgIpc) is 2.32. The standard InChI is InChI=1S/C12H15N3O2.W/c1-14-8-6-10(7-9-14)13-11-4-2-3-5-12(11)15(16)17;/h2-5,8-10,13H,6-7H2,1H3;/q-2;+2. The second kappa shape index (κ2) is 6.86. The molecule has 1 aliphatic heterocycles. The van der Waals surface area contributed by atoms with Gasteiger partial charge in [-0.25, -0.2) is 0 Å². The minimum Gasteiger partial charge on any atom is -0.607 e. The Morgan fingerprint density at radius 3 is 2.61 bits per heavy atom. The molecular formula is C12H15N3O2W. The smallest absolute Gasteiger partial charge is 0.607 e. The number of nitrogens with zero attached hydrogens (tertiary/aromatic N) is 2. The fraction of sp³-hybridized carbons (Fsp3) is 0.333. The van der Waals surface area contributed by atoms with E-state index in [1.165, 1.54) is 6.07 Å². The van der Waals surface area contributed by atoms with E-state index in [4.69, 9.17) is 0 Å². The van der Waals surface area contributed by atoms with Gasteiger partial charge in [0.1, 0.15) is 5.69 Å². The van der Waals surface area contributed by atoms with Crippen LogP contribution in [-0.4, -0.2) is 22.9 Å². The number of nitrogens with one attached hydrogen (secondary N) is 1. The third-order valence-electron chi connectivity index (χ3n) is 2.82. The van der Waals surface area contributed by atoms with Gasteiger partial charge in [0.05, 0.1) is 4.92 Å². The van der Waals surface area contributed by atoms with Crippen molar-refractivity contribution in [2.75, 3.05) is 12.4 Å². The molecule has 0 bridgehead atoms. The van der Waals surface area contributed by atoms with Gasteiger partial charge in [0, 0.05) is 6.07 Å². The molecule has 1 fully saturated rings. The first-order valence-electron chi connectivity index (χ1n) is 5.55. The molecule has 1 aromatic carbocycles. The van der Waals surface area contributed by atoms with Gasteiger partial charge in [0.25, 0.3) is 5.69 Å². The van der Waals surface area contributed by atoms with Crippen LogP contribution in [0.4, 0.5) is 11.4 Å². The van der Waals surface area contributed by atoms with Gasteiger partial charge in [-0.15, -0.1) is 0 Å². The van der Waals surface area contributed by atoms with Crippen LogP contribution in [0.15, 0.2) is 24.3 Å². The van der Waals surface area contributed by atoms with E-state index in [0.29, 0.717) is 5.69 Å². The van der Waals surface area contributed by atoms with E-state index in [9.17, 15) is 10.1 Å². The first kappa shape index (κ1) is 15.1. The number of likely N-dealkylation sites (tertiary alicyclic amines) is 1. The van der Waals surface area contributed by atoms with Gasteiger partial charge in [-0.3, -0.25) is 23.2 Å². The summed E-state index contributed by atoms with van der Waals surface area (Å²) in [6.07, 6.45) is 1.75. The molecule has 0 radical (unpaired) electrons. The van der Waals surface area contributed by atoms with E-state index < -0.39 is 0 Å². The largest absolute Gasteiger partial charge is 2.00 e. The van der Waals surface area contributed by atoms with Crippen molar-refractivity contribution < 1.29 is 26.0 Å². The number of rotatable bonds is 3. The van der Waals surface area contributed by atoms with E-state index in [1.54, 1.807) is 18.2 Å². The molecule has 1 aromatic rings. The summed E-state index contributed by atoms with van der Waals surface area (Å²) in [5.41, 5.74) is 0.722. The summed E-state index contributed by atoms with van der Waals surface area (Å²) in [7, 11) is 1.99. The number of nitro groups is 1. The summed E-state index contributed by atoms with van der Waals surface area (Å²) in [6.45, 7) is 4.13. The molecule has 1 aliphatic rings. The summed E-state index contributed by atoms with van der Waals surface area (Å²) in [6, 6.07) is 6.97. The molecule has 96 valence electrons. The van der Waals surface area contributed by atoms with Gasteiger partial charge in [-0.05, 0) is 12.1 Å². The van der Waals surface area contributed by atoms with Crippen LogP contribution in [0.25, 0.3) is 0 Å². The molecule has 18 heavy (non-hydrogen) atoms. The zero-order valence-electron chi connectivity index (χ0n) is 10.1. The van der Waals surface area contributed by atoms with Gasteiger partial charge in [0.2, 0.25) is 0 Å². The summed E-state index contributed by atoms with van der Waals surface area (Å²) >= 11 is 0. The van der Waals surface area contributed by atoms with Crippen LogP contribution in [0, 0.1) is 23.2 Å². The maximum absolute atomic E-state index is 10.9. The summed E-state index contributed by atoms with van der Waals surface area (Å²) in [5, 5.41) is 14.1.